The minimum atomic E-state index is -0.423. The molecular formula is C21H23FN2O3. The summed E-state index contributed by atoms with van der Waals surface area (Å²) in [7, 11) is 0. The molecule has 2 aromatic rings. The number of nitrogens with one attached hydrogen (secondary N) is 1. The number of hydrogen-bond donors (Lipinski definition) is 1. The van der Waals surface area contributed by atoms with Gasteiger partial charge in [-0.25, -0.2) is 4.39 Å². The third-order valence-electron chi connectivity index (χ3n) is 4.60. The molecule has 142 valence electrons. The van der Waals surface area contributed by atoms with Gasteiger partial charge in [0.05, 0.1) is 18.2 Å². The number of carbonyl (C=O) groups is 2. The predicted molar refractivity (Wildman–Crippen MR) is 101 cm³/mol. The number of nitrogens with zero attached hydrogens (tertiary/aromatic N) is 1. The van der Waals surface area contributed by atoms with Crippen LogP contribution in [0.4, 0.5) is 10.1 Å². The molecule has 0 aliphatic carbocycles. The molecule has 1 saturated heterocycles. The van der Waals surface area contributed by atoms with Gasteiger partial charge in [-0.15, -0.1) is 0 Å². The van der Waals surface area contributed by atoms with Crippen LogP contribution in [0, 0.1) is 11.7 Å². The third kappa shape index (κ3) is 4.45. The van der Waals surface area contributed by atoms with Crippen LogP contribution in [0.1, 0.15) is 18.9 Å². The molecule has 27 heavy (non-hydrogen) atoms. The second-order valence-corrected chi connectivity index (χ2v) is 6.44. The third-order valence-corrected chi connectivity index (χ3v) is 4.60. The standard InChI is InChI=1S/C21H23FN2O3/c1-2-27-19-10-6-5-9-18(19)24-14-16(13-20(24)25)21(26)23-12-11-15-7-3-4-8-17(15)22/h3-10,16H,2,11-14H2,1H3,(H,23,26). The van der Waals surface area contributed by atoms with E-state index in [9.17, 15) is 14.0 Å². The molecule has 1 N–H and O–H groups in total. The first-order valence-electron chi connectivity index (χ1n) is 9.13. The zero-order valence-corrected chi connectivity index (χ0v) is 15.3. The summed E-state index contributed by atoms with van der Waals surface area (Å²) in [5.74, 6) is -0.351. The van der Waals surface area contributed by atoms with E-state index >= 15 is 0 Å². The highest BCUT2D eigenvalue weighted by atomic mass is 19.1. The summed E-state index contributed by atoms with van der Waals surface area (Å²) in [5, 5.41) is 2.82. The van der Waals surface area contributed by atoms with Gasteiger partial charge in [0.1, 0.15) is 11.6 Å². The van der Waals surface area contributed by atoms with Crippen molar-refractivity contribution < 1.29 is 18.7 Å². The van der Waals surface area contributed by atoms with Crippen LogP contribution in [0.25, 0.3) is 0 Å². The van der Waals surface area contributed by atoms with Crippen LogP contribution in [-0.4, -0.2) is 31.5 Å². The summed E-state index contributed by atoms with van der Waals surface area (Å²) in [5.41, 5.74) is 1.25. The predicted octanol–water partition coefficient (Wildman–Crippen LogP) is 2.94. The molecule has 1 aliphatic heterocycles. The van der Waals surface area contributed by atoms with Gasteiger partial charge in [0.25, 0.3) is 0 Å². The van der Waals surface area contributed by atoms with Crippen LogP contribution in [0.2, 0.25) is 0 Å². The Hall–Kier alpha value is -2.89. The normalized spacial score (nSPS) is 16.4. The maximum absolute atomic E-state index is 13.6. The zero-order valence-electron chi connectivity index (χ0n) is 15.3. The average Bonchev–Trinajstić information content (AvgIpc) is 3.06. The Morgan fingerprint density at radius 2 is 1.96 bits per heavy atom. The topological polar surface area (TPSA) is 58.6 Å². The van der Waals surface area contributed by atoms with Gasteiger partial charge in [0.15, 0.2) is 0 Å². The minimum Gasteiger partial charge on any atom is -0.492 e. The fraction of sp³-hybridized carbons (Fsp3) is 0.333. The van der Waals surface area contributed by atoms with E-state index in [0.717, 1.165) is 0 Å². The molecule has 6 heteroatoms. The largest absolute Gasteiger partial charge is 0.492 e. The summed E-state index contributed by atoms with van der Waals surface area (Å²) in [4.78, 5) is 26.5. The summed E-state index contributed by atoms with van der Waals surface area (Å²) >= 11 is 0. The highest BCUT2D eigenvalue weighted by Gasteiger charge is 2.36. The van der Waals surface area contributed by atoms with Gasteiger partial charge in [0.2, 0.25) is 11.8 Å². The number of anilines is 1. The first-order valence-corrected chi connectivity index (χ1v) is 9.13. The number of benzene rings is 2. The number of amides is 2. The molecular weight excluding hydrogens is 347 g/mol. The quantitative estimate of drug-likeness (QED) is 0.815. The SMILES string of the molecule is CCOc1ccccc1N1CC(C(=O)NCCc2ccccc2F)CC1=O. The number of carbonyl (C=O) groups excluding carboxylic acids is 2. The van der Waals surface area contributed by atoms with E-state index in [-0.39, 0.29) is 24.1 Å². The van der Waals surface area contributed by atoms with Crippen molar-refractivity contribution >= 4 is 17.5 Å². The van der Waals surface area contributed by atoms with Crippen LogP contribution in [0.5, 0.6) is 5.75 Å². The van der Waals surface area contributed by atoms with Gasteiger partial charge >= 0.3 is 0 Å². The van der Waals surface area contributed by atoms with E-state index in [1.54, 1.807) is 23.1 Å². The van der Waals surface area contributed by atoms with Crippen molar-refractivity contribution in [2.75, 3.05) is 24.6 Å². The molecule has 0 radical (unpaired) electrons. The molecule has 1 heterocycles. The molecule has 0 bridgehead atoms. The minimum absolute atomic E-state index is 0.101. The molecule has 5 nitrogen and oxygen atoms in total. The summed E-state index contributed by atoms with van der Waals surface area (Å²) in [6.07, 6.45) is 0.571. The Balaban J connectivity index is 1.58. The summed E-state index contributed by atoms with van der Waals surface area (Å²) in [6, 6.07) is 13.8. The zero-order chi connectivity index (χ0) is 19.2. The molecule has 3 rings (SSSR count). The van der Waals surface area contributed by atoms with Gasteiger partial charge in [-0.05, 0) is 37.1 Å². The monoisotopic (exact) mass is 370 g/mol. The highest BCUT2D eigenvalue weighted by molar-refractivity contribution is 6.01. The Labute approximate surface area is 158 Å². The fourth-order valence-corrected chi connectivity index (χ4v) is 3.24. The first kappa shape index (κ1) is 18.9. The molecule has 1 atom stereocenters. The second kappa shape index (κ2) is 8.66. The summed E-state index contributed by atoms with van der Waals surface area (Å²) < 4.78 is 19.2. The lowest BCUT2D eigenvalue weighted by Crippen LogP contribution is -2.34. The van der Waals surface area contributed by atoms with Crippen LogP contribution >= 0.6 is 0 Å². The molecule has 1 fully saturated rings. The Morgan fingerprint density at radius 3 is 2.74 bits per heavy atom. The van der Waals surface area contributed by atoms with Crippen LogP contribution in [0.3, 0.4) is 0 Å². The van der Waals surface area contributed by atoms with Gasteiger partial charge in [0, 0.05) is 19.5 Å². The second-order valence-electron chi connectivity index (χ2n) is 6.44. The fourth-order valence-electron chi connectivity index (χ4n) is 3.24. The number of para-hydroxylation sites is 2. The van der Waals surface area contributed by atoms with Gasteiger partial charge in [-0.3, -0.25) is 9.59 Å². The molecule has 0 aromatic heterocycles. The van der Waals surface area contributed by atoms with E-state index < -0.39 is 5.92 Å². The molecule has 0 saturated carbocycles. The van der Waals surface area contributed by atoms with Gasteiger partial charge < -0.3 is 15.0 Å². The van der Waals surface area contributed by atoms with Crippen molar-refractivity contribution in [3.63, 3.8) is 0 Å². The van der Waals surface area contributed by atoms with Crippen molar-refractivity contribution in [1.82, 2.24) is 5.32 Å². The van der Waals surface area contributed by atoms with Crippen molar-refractivity contribution in [3.8, 4) is 5.75 Å². The van der Waals surface area contributed by atoms with E-state index in [0.29, 0.717) is 43.1 Å². The Morgan fingerprint density at radius 1 is 1.22 bits per heavy atom. The molecule has 2 aromatic carbocycles. The number of hydrogen-bond acceptors (Lipinski definition) is 3. The van der Waals surface area contributed by atoms with Gasteiger partial charge in [-0.1, -0.05) is 30.3 Å². The van der Waals surface area contributed by atoms with Gasteiger partial charge in [-0.2, -0.15) is 0 Å². The molecule has 1 aliphatic rings. The van der Waals surface area contributed by atoms with E-state index in [2.05, 4.69) is 5.32 Å². The highest BCUT2D eigenvalue weighted by Crippen LogP contribution is 2.33. The van der Waals surface area contributed by atoms with Crippen molar-refractivity contribution in [1.29, 1.82) is 0 Å². The smallest absolute Gasteiger partial charge is 0.227 e. The lowest BCUT2D eigenvalue weighted by Gasteiger charge is -2.20. The van der Waals surface area contributed by atoms with Crippen molar-refractivity contribution in [3.05, 3.63) is 59.9 Å². The maximum atomic E-state index is 13.6. The lowest BCUT2D eigenvalue weighted by molar-refractivity contribution is -0.126. The molecule has 2 amide bonds. The number of rotatable bonds is 7. The number of halogens is 1. The lowest BCUT2D eigenvalue weighted by atomic mass is 10.1. The maximum Gasteiger partial charge on any atom is 0.227 e. The van der Waals surface area contributed by atoms with Crippen LogP contribution < -0.4 is 15.0 Å². The van der Waals surface area contributed by atoms with Crippen molar-refractivity contribution in [2.24, 2.45) is 5.92 Å². The average molecular weight is 370 g/mol. The van der Waals surface area contributed by atoms with E-state index in [4.69, 9.17) is 4.74 Å². The van der Waals surface area contributed by atoms with E-state index in [1.807, 2.05) is 31.2 Å². The van der Waals surface area contributed by atoms with Crippen LogP contribution in [0.15, 0.2) is 48.5 Å². The Kier molecular flexibility index (Phi) is 6.06. The molecule has 0 spiro atoms. The van der Waals surface area contributed by atoms with Crippen molar-refractivity contribution in [2.45, 2.75) is 19.8 Å². The first-order chi connectivity index (χ1) is 13.1. The Bertz CT molecular complexity index is 825. The van der Waals surface area contributed by atoms with Crippen LogP contribution in [-0.2, 0) is 16.0 Å². The summed E-state index contributed by atoms with van der Waals surface area (Å²) in [6.45, 7) is 3.03. The molecule has 1 unspecified atom stereocenters. The number of ether oxygens (including phenoxy) is 1. The van der Waals surface area contributed by atoms with E-state index in [1.165, 1.54) is 6.07 Å².